The summed E-state index contributed by atoms with van der Waals surface area (Å²) in [6.45, 7) is 1.43. The third-order valence-corrected chi connectivity index (χ3v) is 4.44. The van der Waals surface area contributed by atoms with Gasteiger partial charge in [0.2, 0.25) is 0 Å². The second-order valence-electron chi connectivity index (χ2n) is 5.97. The molecular weight excluding hydrogens is 304 g/mol. The summed E-state index contributed by atoms with van der Waals surface area (Å²) in [4.78, 5) is 14.9. The Bertz CT molecular complexity index is 811. The van der Waals surface area contributed by atoms with E-state index in [1.54, 1.807) is 10.9 Å². The summed E-state index contributed by atoms with van der Waals surface area (Å²) in [5.74, 6) is 0.263. The van der Waals surface area contributed by atoms with Crippen molar-refractivity contribution in [2.45, 2.75) is 18.8 Å². The standard InChI is InChI=1S/C17H18N6O/c24-17(16-11-19-21-23(16)14-6-2-1-3-7-14)22-10-4-5-13(12-22)15-8-9-18-20-15/h1-3,6-9,11,13H,4-5,10,12H2,(H,18,20)/t13-/m0/s1. The Kier molecular flexibility index (Phi) is 3.82. The fourth-order valence-corrected chi connectivity index (χ4v) is 3.21. The number of nitrogens with zero attached hydrogens (tertiary/aromatic N) is 5. The van der Waals surface area contributed by atoms with E-state index in [9.17, 15) is 4.79 Å². The highest BCUT2D eigenvalue weighted by atomic mass is 16.2. The van der Waals surface area contributed by atoms with E-state index in [-0.39, 0.29) is 5.91 Å². The Morgan fingerprint density at radius 1 is 1.21 bits per heavy atom. The highest BCUT2D eigenvalue weighted by Gasteiger charge is 2.28. The topological polar surface area (TPSA) is 79.7 Å². The minimum absolute atomic E-state index is 0.0342. The Morgan fingerprint density at radius 2 is 2.08 bits per heavy atom. The number of hydrogen-bond donors (Lipinski definition) is 1. The van der Waals surface area contributed by atoms with Crippen LogP contribution in [-0.4, -0.2) is 49.1 Å². The van der Waals surface area contributed by atoms with Crippen molar-refractivity contribution in [2.24, 2.45) is 0 Å². The molecule has 1 atom stereocenters. The van der Waals surface area contributed by atoms with Crippen LogP contribution in [0.1, 0.15) is 34.9 Å². The smallest absolute Gasteiger partial charge is 0.274 e. The van der Waals surface area contributed by atoms with Crippen molar-refractivity contribution < 1.29 is 4.79 Å². The van der Waals surface area contributed by atoms with E-state index in [0.717, 1.165) is 30.8 Å². The van der Waals surface area contributed by atoms with E-state index in [1.165, 1.54) is 6.20 Å². The number of aromatic nitrogens is 5. The number of amides is 1. The molecule has 1 aliphatic heterocycles. The summed E-state index contributed by atoms with van der Waals surface area (Å²) >= 11 is 0. The van der Waals surface area contributed by atoms with E-state index in [4.69, 9.17) is 0 Å². The molecule has 7 nitrogen and oxygen atoms in total. The predicted octanol–water partition coefficient (Wildman–Crippen LogP) is 2.01. The Morgan fingerprint density at radius 3 is 2.88 bits per heavy atom. The number of nitrogens with one attached hydrogen (secondary N) is 1. The van der Waals surface area contributed by atoms with Crippen molar-refractivity contribution in [1.29, 1.82) is 0 Å². The van der Waals surface area contributed by atoms with Gasteiger partial charge in [0.25, 0.3) is 5.91 Å². The molecule has 7 heteroatoms. The average Bonchev–Trinajstić information content (AvgIpc) is 3.34. The molecule has 0 radical (unpaired) electrons. The molecule has 0 unspecified atom stereocenters. The molecule has 4 rings (SSSR count). The van der Waals surface area contributed by atoms with Crippen molar-refractivity contribution in [3.05, 3.63) is 60.2 Å². The number of aromatic amines is 1. The summed E-state index contributed by atoms with van der Waals surface area (Å²) in [6.07, 6.45) is 5.32. The molecule has 1 N–H and O–H groups in total. The van der Waals surface area contributed by atoms with E-state index in [1.807, 2.05) is 41.3 Å². The number of para-hydroxylation sites is 1. The maximum atomic E-state index is 13.0. The molecule has 122 valence electrons. The largest absolute Gasteiger partial charge is 0.337 e. The van der Waals surface area contributed by atoms with Crippen LogP contribution < -0.4 is 0 Å². The second-order valence-corrected chi connectivity index (χ2v) is 5.97. The Balaban J connectivity index is 1.57. The number of likely N-dealkylation sites (tertiary alicyclic amines) is 1. The quantitative estimate of drug-likeness (QED) is 0.800. The van der Waals surface area contributed by atoms with E-state index in [2.05, 4.69) is 20.5 Å². The molecule has 1 amide bonds. The van der Waals surface area contributed by atoms with Gasteiger partial charge in [-0.25, -0.2) is 4.68 Å². The van der Waals surface area contributed by atoms with Crippen LogP contribution in [0.4, 0.5) is 0 Å². The second kappa shape index (κ2) is 6.27. The van der Waals surface area contributed by atoms with Gasteiger partial charge in [0.05, 0.1) is 11.9 Å². The lowest BCUT2D eigenvalue weighted by Crippen LogP contribution is -2.40. The van der Waals surface area contributed by atoms with E-state index in [0.29, 0.717) is 18.2 Å². The fourth-order valence-electron chi connectivity index (χ4n) is 3.21. The number of rotatable bonds is 3. The van der Waals surface area contributed by atoms with Gasteiger partial charge in [0, 0.05) is 30.9 Å². The lowest BCUT2D eigenvalue weighted by Gasteiger charge is -2.32. The van der Waals surface area contributed by atoms with Crippen LogP contribution >= 0.6 is 0 Å². The maximum absolute atomic E-state index is 13.0. The number of piperidine rings is 1. The van der Waals surface area contributed by atoms with Gasteiger partial charge in [-0.3, -0.25) is 9.89 Å². The molecule has 1 fully saturated rings. The fraction of sp³-hybridized carbons (Fsp3) is 0.294. The third-order valence-electron chi connectivity index (χ3n) is 4.44. The molecule has 24 heavy (non-hydrogen) atoms. The first kappa shape index (κ1) is 14.6. The molecule has 1 aromatic carbocycles. The number of carbonyl (C=O) groups is 1. The van der Waals surface area contributed by atoms with Gasteiger partial charge in [-0.2, -0.15) is 5.10 Å². The first-order valence-corrected chi connectivity index (χ1v) is 8.07. The zero-order valence-electron chi connectivity index (χ0n) is 13.2. The van der Waals surface area contributed by atoms with Crippen LogP contribution in [-0.2, 0) is 0 Å². The molecule has 1 aliphatic rings. The molecular formula is C17H18N6O. The normalized spacial score (nSPS) is 17.8. The molecule has 0 aliphatic carbocycles. The molecule has 1 saturated heterocycles. The van der Waals surface area contributed by atoms with Gasteiger partial charge in [-0.05, 0) is 31.0 Å². The van der Waals surface area contributed by atoms with Crippen LogP contribution in [0.25, 0.3) is 5.69 Å². The van der Waals surface area contributed by atoms with Crippen LogP contribution in [0.2, 0.25) is 0 Å². The van der Waals surface area contributed by atoms with Gasteiger partial charge in [-0.1, -0.05) is 23.4 Å². The minimum atomic E-state index is -0.0342. The summed E-state index contributed by atoms with van der Waals surface area (Å²) < 4.78 is 1.60. The molecule has 0 bridgehead atoms. The van der Waals surface area contributed by atoms with Crippen LogP contribution in [0.15, 0.2) is 48.8 Å². The SMILES string of the molecule is O=C(c1cnnn1-c1ccccc1)N1CCC[C@H](c2ccn[nH]2)C1. The lowest BCUT2D eigenvalue weighted by molar-refractivity contribution is 0.0696. The summed E-state index contributed by atoms with van der Waals surface area (Å²) in [6, 6.07) is 11.6. The van der Waals surface area contributed by atoms with Crippen LogP contribution in [0, 0.1) is 0 Å². The average molecular weight is 322 g/mol. The van der Waals surface area contributed by atoms with Crippen LogP contribution in [0.3, 0.4) is 0 Å². The lowest BCUT2D eigenvalue weighted by atomic mass is 9.95. The zero-order chi connectivity index (χ0) is 16.4. The number of hydrogen-bond acceptors (Lipinski definition) is 4. The summed E-state index contributed by atoms with van der Waals surface area (Å²) in [5.41, 5.74) is 2.41. The van der Waals surface area contributed by atoms with Crippen LogP contribution in [0.5, 0.6) is 0 Å². The van der Waals surface area contributed by atoms with Gasteiger partial charge in [-0.15, -0.1) is 5.10 Å². The molecule has 3 heterocycles. The first-order valence-electron chi connectivity index (χ1n) is 8.07. The van der Waals surface area contributed by atoms with Crippen molar-refractivity contribution in [3.63, 3.8) is 0 Å². The number of H-pyrrole nitrogens is 1. The van der Waals surface area contributed by atoms with Crippen molar-refractivity contribution in [2.75, 3.05) is 13.1 Å². The molecule has 3 aromatic rings. The van der Waals surface area contributed by atoms with Gasteiger partial charge >= 0.3 is 0 Å². The predicted molar refractivity (Wildman–Crippen MR) is 87.8 cm³/mol. The number of benzene rings is 1. The summed E-state index contributed by atoms with van der Waals surface area (Å²) in [7, 11) is 0. The summed E-state index contributed by atoms with van der Waals surface area (Å²) in [5, 5.41) is 15.0. The van der Waals surface area contributed by atoms with Gasteiger partial charge in [0.15, 0.2) is 5.69 Å². The zero-order valence-corrected chi connectivity index (χ0v) is 13.2. The van der Waals surface area contributed by atoms with Crippen molar-refractivity contribution >= 4 is 5.91 Å². The Labute approximate surface area is 139 Å². The van der Waals surface area contributed by atoms with E-state index >= 15 is 0 Å². The van der Waals surface area contributed by atoms with Gasteiger partial charge < -0.3 is 4.90 Å². The first-order chi connectivity index (χ1) is 11.8. The molecule has 0 spiro atoms. The highest BCUT2D eigenvalue weighted by molar-refractivity contribution is 5.93. The van der Waals surface area contributed by atoms with Gasteiger partial charge in [0.1, 0.15) is 0 Å². The molecule has 0 saturated carbocycles. The highest BCUT2D eigenvalue weighted by Crippen LogP contribution is 2.26. The Hall–Kier alpha value is -2.96. The maximum Gasteiger partial charge on any atom is 0.274 e. The van der Waals surface area contributed by atoms with E-state index < -0.39 is 0 Å². The minimum Gasteiger partial charge on any atom is -0.337 e. The van der Waals surface area contributed by atoms with Crippen molar-refractivity contribution in [1.82, 2.24) is 30.1 Å². The number of carbonyl (C=O) groups excluding carboxylic acids is 1. The monoisotopic (exact) mass is 322 g/mol. The third kappa shape index (κ3) is 2.68. The van der Waals surface area contributed by atoms with Crippen molar-refractivity contribution in [3.8, 4) is 5.69 Å². The molecule has 2 aromatic heterocycles.